The summed E-state index contributed by atoms with van der Waals surface area (Å²) < 4.78 is 14.8. The Bertz CT molecular complexity index is 1820. The molecule has 50 heavy (non-hydrogen) atoms. The smallest absolute Gasteiger partial charge is 0.318 e. The molecule has 1 saturated carbocycles. The van der Waals surface area contributed by atoms with Gasteiger partial charge in [0.2, 0.25) is 5.91 Å². The highest BCUT2D eigenvalue weighted by molar-refractivity contribution is 5.95. The van der Waals surface area contributed by atoms with Crippen molar-refractivity contribution < 1.29 is 14.3 Å². The molecule has 6 heterocycles. The van der Waals surface area contributed by atoms with Crippen molar-refractivity contribution in [3.8, 4) is 12.1 Å². The lowest BCUT2D eigenvalue weighted by Crippen LogP contribution is -2.55. The van der Waals surface area contributed by atoms with Crippen LogP contribution in [0.25, 0.3) is 10.9 Å². The molecule has 2 aromatic heterocycles. The van der Waals surface area contributed by atoms with Gasteiger partial charge >= 0.3 is 6.01 Å². The maximum atomic E-state index is 12.7. The molecule has 12 heteroatoms. The van der Waals surface area contributed by atoms with Gasteiger partial charge in [-0.05, 0) is 102 Å². The molecule has 3 aromatic rings. The van der Waals surface area contributed by atoms with E-state index < -0.39 is 0 Å². The van der Waals surface area contributed by atoms with Crippen molar-refractivity contribution in [1.82, 2.24) is 29.5 Å². The van der Waals surface area contributed by atoms with Gasteiger partial charge in [-0.15, -0.1) is 0 Å². The number of carbonyl (C=O) groups is 1. The van der Waals surface area contributed by atoms with E-state index >= 15 is 0 Å². The molecule has 2 atom stereocenters. The molecule has 1 amide bonds. The van der Waals surface area contributed by atoms with Crippen LogP contribution in [0.5, 0.6) is 6.01 Å². The number of ether oxygens (including phenoxy) is 2. The number of fused-ring (bicyclic) bond motifs is 2. The number of anilines is 2. The van der Waals surface area contributed by atoms with E-state index in [-0.39, 0.29) is 30.1 Å². The molecule has 1 aromatic carbocycles. The zero-order valence-electron chi connectivity index (χ0n) is 29.6. The van der Waals surface area contributed by atoms with E-state index in [0.29, 0.717) is 38.8 Å². The summed E-state index contributed by atoms with van der Waals surface area (Å²) in [7, 11) is 0. The van der Waals surface area contributed by atoms with Gasteiger partial charge in [-0.25, -0.2) is 4.68 Å². The molecule has 1 unspecified atom stereocenters. The maximum absolute atomic E-state index is 12.7. The number of benzene rings is 1. The van der Waals surface area contributed by atoms with Gasteiger partial charge in [-0.2, -0.15) is 20.3 Å². The molecule has 0 spiro atoms. The highest BCUT2D eigenvalue weighted by atomic mass is 16.5. The first-order chi connectivity index (χ1) is 24.4. The first-order valence-electron chi connectivity index (χ1n) is 18.6. The van der Waals surface area contributed by atoms with Crippen LogP contribution in [0, 0.1) is 25.2 Å². The number of amides is 1. The number of nitriles is 1. The molecule has 4 fully saturated rings. The van der Waals surface area contributed by atoms with Crippen molar-refractivity contribution in [2.45, 2.75) is 96.0 Å². The number of carbonyl (C=O) groups excluding carboxylic acids is 1. The lowest BCUT2D eigenvalue weighted by molar-refractivity contribution is -0.128. The highest BCUT2D eigenvalue weighted by Gasteiger charge is 2.49. The first kappa shape index (κ1) is 33.0. The van der Waals surface area contributed by atoms with E-state index in [1.807, 2.05) is 6.20 Å². The van der Waals surface area contributed by atoms with Gasteiger partial charge < -0.3 is 24.2 Å². The van der Waals surface area contributed by atoms with E-state index in [4.69, 9.17) is 24.5 Å². The average Bonchev–Trinajstić information content (AvgIpc) is 3.50. The van der Waals surface area contributed by atoms with Crippen LogP contribution in [-0.2, 0) is 22.5 Å². The normalized spacial score (nSPS) is 23.5. The number of hydrogen-bond donors (Lipinski definition) is 0. The number of aromatic nitrogens is 4. The molecular formula is C38H49N9O3. The summed E-state index contributed by atoms with van der Waals surface area (Å²) >= 11 is 0. The van der Waals surface area contributed by atoms with Gasteiger partial charge in [0, 0.05) is 43.7 Å². The molecule has 0 radical (unpaired) electrons. The molecule has 1 aliphatic carbocycles. The SMILES string of the molecule is C=CC(=O)N1CCN(c2nc(OCC3(N4CCCC4)CC3)nc3c2CCN(c2c(C)c(C)cc4c2cnn4C2CCCCO2)C3)C[C@@H]1CC#N. The van der Waals surface area contributed by atoms with E-state index in [2.05, 4.69) is 51.9 Å². The van der Waals surface area contributed by atoms with E-state index in [9.17, 15) is 10.1 Å². The first-order valence-corrected chi connectivity index (χ1v) is 18.6. The predicted molar refractivity (Wildman–Crippen MR) is 191 cm³/mol. The summed E-state index contributed by atoms with van der Waals surface area (Å²) in [6.45, 7) is 14.8. The van der Waals surface area contributed by atoms with Gasteiger partial charge in [-0.1, -0.05) is 6.58 Å². The lowest BCUT2D eigenvalue weighted by Gasteiger charge is -2.42. The Labute approximate surface area is 294 Å². The van der Waals surface area contributed by atoms with Crippen molar-refractivity contribution >= 4 is 28.3 Å². The van der Waals surface area contributed by atoms with Crippen LogP contribution in [-0.4, -0.2) is 99.5 Å². The van der Waals surface area contributed by atoms with Gasteiger partial charge in [0.1, 0.15) is 12.4 Å². The summed E-state index contributed by atoms with van der Waals surface area (Å²) in [5.74, 6) is 0.738. The van der Waals surface area contributed by atoms with Crippen LogP contribution in [0.15, 0.2) is 24.9 Å². The second kappa shape index (κ2) is 13.5. The van der Waals surface area contributed by atoms with Crippen molar-refractivity contribution in [3.63, 3.8) is 0 Å². The Kier molecular flexibility index (Phi) is 8.89. The third-order valence-corrected chi connectivity index (χ3v) is 11.8. The zero-order valence-corrected chi connectivity index (χ0v) is 29.6. The van der Waals surface area contributed by atoms with Gasteiger partial charge in [-0.3, -0.25) is 9.69 Å². The fourth-order valence-electron chi connectivity index (χ4n) is 8.68. The molecule has 12 nitrogen and oxygen atoms in total. The zero-order chi connectivity index (χ0) is 34.4. The van der Waals surface area contributed by atoms with Crippen LogP contribution in [0.3, 0.4) is 0 Å². The number of rotatable bonds is 9. The predicted octanol–water partition coefficient (Wildman–Crippen LogP) is 4.83. The molecule has 3 saturated heterocycles. The molecule has 8 rings (SSSR count). The Morgan fingerprint density at radius 2 is 1.96 bits per heavy atom. The lowest BCUT2D eigenvalue weighted by atomic mass is 9.98. The summed E-state index contributed by atoms with van der Waals surface area (Å²) in [6.07, 6.45) is 12.4. The highest BCUT2D eigenvalue weighted by Crippen LogP contribution is 2.44. The summed E-state index contributed by atoms with van der Waals surface area (Å²) in [4.78, 5) is 32.0. The quantitative estimate of drug-likeness (QED) is 0.291. The Balaban J connectivity index is 1.13. The summed E-state index contributed by atoms with van der Waals surface area (Å²) in [5, 5.41) is 15.7. The second-order valence-electron chi connectivity index (χ2n) is 14.8. The van der Waals surface area contributed by atoms with Gasteiger partial charge in [0.15, 0.2) is 6.23 Å². The standard InChI is InChI=1S/C38H49N9O3/c1-4-33(48)46-19-18-44(23-28(46)10-14-39)36-29-11-17-43(24-31(29)41-37(42-36)50-25-38(12-13-38)45-15-6-7-16-45)35-27(3)26(2)21-32-30(35)22-40-47(32)34-9-5-8-20-49-34/h4,21-22,28,34H,1,5-13,15-20,23-25H2,2-3H3/t28-,34?/m0/s1. The maximum Gasteiger partial charge on any atom is 0.318 e. The fourth-order valence-corrected chi connectivity index (χ4v) is 8.68. The van der Waals surface area contributed by atoms with Crippen LogP contribution in [0.1, 0.15) is 80.0 Å². The van der Waals surface area contributed by atoms with E-state index in [1.54, 1.807) is 4.90 Å². The Hall–Kier alpha value is -4.21. The molecule has 0 bridgehead atoms. The molecule has 264 valence electrons. The van der Waals surface area contributed by atoms with E-state index in [0.717, 1.165) is 92.7 Å². The van der Waals surface area contributed by atoms with Crippen molar-refractivity contribution in [1.29, 1.82) is 5.26 Å². The third kappa shape index (κ3) is 5.98. The van der Waals surface area contributed by atoms with E-state index in [1.165, 1.54) is 35.7 Å². The van der Waals surface area contributed by atoms with Gasteiger partial charge in [0.25, 0.3) is 0 Å². The van der Waals surface area contributed by atoms with Crippen LogP contribution in [0.4, 0.5) is 11.5 Å². The molecule has 4 aliphatic heterocycles. The Morgan fingerprint density at radius 1 is 1.12 bits per heavy atom. The van der Waals surface area contributed by atoms with Crippen LogP contribution in [0.2, 0.25) is 0 Å². The minimum Gasteiger partial charge on any atom is -0.461 e. The summed E-state index contributed by atoms with van der Waals surface area (Å²) in [5.41, 5.74) is 6.99. The number of nitrogens with zero attached hydrogens (tertiary/aromatic N) is 9. The average molecular weight is 680 g/mol. The number of likely N-dealkylation sites (tertiary alicyclic amines) is 1. The second-order valence-corrected chi connectivity index (χ2v) is 14.8. The van der Waals surface area contributed by atoms with Crippen LogP contribution < -0.4 is 14.5 Å². The monoisotopic (exact) mass is 679 g/mol. The molecule has 5 aliphatic rings. The summed E-state index contributed by atoms with van der Waals surface area (Å²) in [6, 6.07) is 4.73. The minimum atomic E-state index is -0.243. The minimum absolute atomic E-state index is 0.0317. The largest absolute Gasteiger partial charge is 0.461 e. The molecular weight excluding hydrogens is 630 g/mol. The van der Waals surface area contributed by atoms with Crippen molar-refractivity contribution in [3.05, 3.63) is 47.3 Å². The van der Waals surface area contributed by atoms with Crippen molar-refractivity contribution in [2.75, 3.05) is 62.3 Å². The molecule has 0 N–H and O–H groups in total. The number of hydrogen-bond acceptors (Lipinski definition) is 10. The topological polar surface area (TPSA) is 116 Å². The Morgan fingerprint density at radius 3 is 2.70 bits per heavy atom. The van der Waals surface area contributed by atoms with Crippen molar-refractivity contribution in [2.24, 2.45) is 0 Å². The third-order valence-electron chi connectivity index (χ3n) is 11.8. The number of piperazine rings is 1. The fraction of sp³-hybridized carbons (Fsp3) is 0.605. The number of aryl methyl sites for hydroxylation is 1. The van der Waals surface area contributed by atoms with Crippen LogP contribution >= 0.6 is 0 Å². The van der Waals surface area contributed by atoms with Gasteiger partial charge in [0.05, 0.1) is 53.7 Å².